The first-order valence-electron chi connectivity index (χ1n) is 2.58. The second-order valence-electron chi connectivity index (χ2n) is 1.76. The van der Waals surface area contributed by atoms with Gasteiger partial charge < -0.3 is 0 Å². The second kappa shape index (κ2) is 3.83. The summed E-state index contributed by atoms with van der Waals surface area (Å²) in [6.45, 7) is 6.71. The van der Waals surface area contributed by atoms with Crippen molar-refractivity contribution < 1.29 is 4.79 Å². The van der Waals surface area contributed by atoms with Gasteiger partial charge in [-0.05, 0) is 6.92 Å². The summed E-state index contributed by atoms with van der Waals surface area (Å²) in [5, 5.41) is 3.55. The van der Waals surface area contributed by atoms with E-state index < -0.39 is 0 Å². The summed E-state index contributed by atoms with van der Waals surface area (Å²) in [4.78, 5) is 10.2. The molecule has 50 valence electrons. The van der Waals surface area contributed by atoms with Gasteiger partial charge in [0.2, 0.25) is 0 Å². The average molecular weight is 126 g/mol. The molecule has 0 heterocycles. The van der Waals surface area contributed by atoms with E-state index in [2.05, 4.69) is 17.1 Å². The zero-order chi connectivity index (χ0) is 7.28. The molecular formula is C6H10N2O. The summed E-state index contributed by atoms with van der Waals surface area (Å²) >= 11 is 0. The highest BCUT2D eigenvalue weighted by atomic mass is 16.1. The Kier molecular flexibility index (Phi) is 3.35. The van der Waals surface area contributed by atoms with Crippen molar-refractivity contribution in [1.29, 1.82) is 0 Å². The molecule has 0 aromatic heterocycles. The summed E-state index contributed by atoms with van der Waals surface area (Å²) in [5.41, 5.74) is 3.25. The first-order valence-corrected chi connectivity index (χ1v) is 2.58. The van der Waals surface area contributed by atoms with Crippen LogP contribution in [0.4, 0.5) is 0 Å². The van der Waals surface area contributed by atoms with Gasteiger partial charge in [-0.15, -0.1) is 0 Å². The predicted octanol–water partition coefficient (Wildman–Crippen LogP) is 0.684. The normalized spacial score (nSPS) is 9.56. The molecule has 0 aromatic carbocycles. The second-order valence-corrected chi connectivity index (χ2v) is 1.76. The number of hydrogen-bond acceptors (Lipinski definition) is 3. The van der Waals surface area contributed by atoms with Crippen molar-refractivity contribution in [2.24, 2.45) is 5.10 Å². The van der Waals surface area contributed by atoms with E-state index in [1.807, 2.05) is 0 Å². The Morgan fingerprint density at radius 3 is 2.56 bits per heavy atom. The molecule has 0 aliphatic heterocycles. The van der Waals surface area contributed by atoms with Crippen LogP contribution in [0.25, 0.3) is 0 Å². The molecule has 0 bridgehead atoms. The third kappa shape index (κ3) is 6.88. The van der Waals surface area contributed by atoms with Crippen LogP contribution in [-0.2, 0) is 4.79 Å². The molecule has 0 radical (unpaired) electrons. The lowest BCUT2D eigenvalue weighted by Gasteiger charge is -1.92. The Morgan fingerprint density at radius 1 is 1.67 bits per heavy atom. The molecular weight excluding hydrogens is 116 g/mol. The van der Waals surface area contributed by atoms with Gasteiger partial charge in [0.1, 0.15) is 0 Å². The molecule has 0 atom stereocenters. The van der Waals surface area contributed by atoms with Crippen molar-refractivity contribution in [3.05, 3.63) is 12.3 Å². The maximum Gasteiger partial charge on any atom is 0.172 e. The average Bonchev–Trinajstić information content (AvgIpc) is 1.63. The number of rotatable bonds is 3. The van der Waals surface area contributed by atoms with Gasteiger partial charge in [0.25, 0.3) is 0 Å². The Balaban J connectivity index is 3.48. The number of nitrogens with zero attached hydrogens (tertiary/aromatic N) is 1. The van der Waals surface area contributed by atoms with Gasteiger partial charge in [-0.2, -0.15) is 5.10 Å². The minimum Gasteiger partial charge on any atom is -0.293 e. The zero-order valence-electron chi connectivity index (χ0n) is 5.64. The molecule has 3 heteroatoms. The molecule has 0 saturated heterocycles. The van der Waals surface area contributed by atoms with Crippen LogP contribution >= 0.6 is 0 Å². The highest BCUT2D eigenvalue weighted by Gasteiger charge is 1.80. The van der Waals surface area contributed by atoms with E-state index in [1.54, 1.807) is 6.92 Å². The minimum absolute atomic E-state index is 0.0799. The van der Waals surface area contributed by atoms with Gasteiger partial charge in [-0.3, -0.25) is 10.2 Å². The predicted molar refractivity (Wildman–Crippen MR) is 37.1 cm³/mol. The number of Topliss-reactive ketones (excluding diaryl/α,β-unsaturated/α-hetero) is 1. The number of carbonyl (C=O) groups excluding carboxylic acids is 1. The van der Waals surface area contributed by atoms with Crippen molar-refractivity contribution in [1.82, 2.24) is 5.43 Å². The number of hydrazone groups is 1. The molecule has 0 saturated carbocycles. The van der Waals surface area contributed by atoms with Crippen molar-refractivity contribution >= 4 is 12.0 Å². The Morgan fingerprint density at radius 2 is 2.22 bits per heavy atom. The van der Waals surface area contributed by atoms with Crippen LogP contribution in [0.3, 0.4) is 0 Å². The number of carbonyl (C=O) groups is 1. The minimum atomic E-state index is -0.0799. The molecule has 0 spiro atoms. The van der Waals surface area contributed by atoms with E-state index in [9.17, 15) is 4.79 Å². The Hall–Kier alpha value is -1.12. The van der Waals surface area contributed by atoms with Crippen LogP contribution in [-0.4, -0.2) is 12.0 Å². The highest BCUT2D eigenvalue weighted by molar-refractivity contribution is 6.26. The summed E-state index contributed by atoms with van der Waals surface area (Å²) in [5.74, 6) is -0.0799. The van der Waals surface area contributed by atoms with Crippen LogP contribution in [0.1, 0.15) is 13.8 Å². The van der Waals surface area contributed by atoms with Crippen molar-refractivity contribution in [3.63, 3.8) is 0 Å². The van der Waals surface area contributed by atoms with Gasteiger partial charge in [-0.25, -0.2) is 0 Å². The smallest absolute Gasteiger partial charge is 0.172 e. The topological polar surface area (TPSA) is 41.5 Å². The molecule has 3 nitrogen and oxygen atoms in total. The zero-order valence-corrected chi connectivity index (χ0v) is 5.64. The summed E-state index contributed by atoms with van der Waals surface area (Å²) in [6, 6.07) is 0. The van der Waals surface area contributed by atoms with Gasteiger partial charge in [0.05, 0.1) is 6.21 Å². The van der Waals surface area contributed by atoms with Crippen LogP contribution in [0, 0.1) is 0 Å². The van der Waals surface area contributed by atoms with Gasteiger partial charge >= 0.3 is 0 Å². The highest BCUT2D eigenvalue weighted by Crippen LogP contribution is 1.74. The maximum atomic E-state index is 10.2. The standard InChI is InChI=1S/C6H10N2O/c1-5(2)8-7-4-6(3)9/h4,8H,1H2,2-3H3. The van der Waals surface area contributed by atoms with Crippen LogP contribution in [0.5, 0.6) is 0 Å². The number of allylic oxidation sites excluding steroid dienone is 1. The van der Waals surface area contributed by atoms with E-state index in [0.717, 1.165) is 0 Å². The third-order valence-corrected chi connectivity index (χ3v) is 0.502. The van der Waals surface area contributed by atoms with Gasteiger partial charge in [0, 0.05) is 12.6 Å². The first-order chi connectivity index (χ1) is 4.13. The molecule has 1 N–H and O–H groups in total. The fourth-order valence-corrected chi connectivity index (χ4v) is 0.233. The van der Waals surface area contributed by atoms with Crippen molar-refractivity contribution in [2.75, 3.05) is 0 Å². The SMILES string of the molecule is C=C(C)NN=CC(C)=O. The van der Waals surface area contributed by atoms with Crippen LogP contribution < -0.4 is 5.43 Å². The van der Waals surface area contributed by atoms with E-state index in [0.29, 0.717) is 5.70 Å². The molecule has 0 aliphatic carbocycles. The summed E-state index contributed by atoms with van der Waals surface area (Å²) in [6.07, 6.45) is 1.20. The summed E-state index contributed by atoms with van der Waals surface area (Å²) < 4.78 is 0. The lowest BCUT2D eigenvalue weighted by molar-refractivity contribution is -0.110. The van der Waals surface area contributed by atoms with Crippen LogP contribution in [0.15, 0.2) is 17.4 Å². The van der Waals surface area contributed by atoms with E-state index in [4.69, 9.17) is 0 Å². The number of ketones is 1. The Labute approximate surface area is 54.5 Å². The lowest BCUT2D eigenvalue weighted by atomic mass is 10.5. The van der Waals surface area contributed by atoms with E-state index in [-0.39, 0.29) is 5.78 Å². The number of hydrogen-bond donors (Lipinski definition) is 1. The van der Waals surface area contributed by atoms with E-state index in [1.165, 1.54) is 13.1 Å². The fraction of sp³-hybridized carbons (Fsp3) is 0.333. The largest absolute Gasteiger partial charge is 0.293 e. The van der Waals surface area contributed by atoms with E-state index >= 15 is 0 Å². The quantitative estimate of drug-likeness (QED) is 0.446. The van der Waals surface area contributed by atoms with Crippen molar-refractivity contribution in [2.45, 2.75) is 13.8 Å². The molecule has 0 amide bonds. The lowest BCUT2D eigenvalue weighted by Crippen LogP contribution is -2.02. The van der Waals surface area contributed by atoms with Gasteiger partial charge in [-0.1, -0.05) is 6.58 Å². The molecule has 0 fully saturated rings. The molecule has 0 rings (SSSR count). The fourth-order valence-electron chi connectivity index (χ4n) is 0.233. The summed E-state index contributed by atoms with van der Waals surface area (Å²) in [7, 11) is 0. The first kappa shape index (κ1) is 7.88. The third-order valence-electron chi connectivity index (χ3n) is 0.502. The Bertz CT molecular complexity index is 149. The van der Waals surface area contributed by atoms with Gasteiger partial charge in [0.15, 0.2) is 5.78 Å². The molecule has 0 unspecified atom stereocenters. The number of nitrogens with one attached hydrogen (secondary N) is 1. The molecule has 0 aromatic rings. The molecule has 9 heavy (non-hydrogen) atoms. The monoisotopic (exact) mass is 126 g/mol. The van der Waals surface area contributed by atoms with Crippen molar-refractivity contribution in [3.8, 4) is 0 Å². The molecule has 0 aliphatic rings. The maximum absolute atomic E-state index is 10.2. The van der Waals surface area contributed by atoms with Crippen LogP contribution in [0.2, 0.25) is 0 Å².